The number of nitrogens with two attached hydrogens (primary N) is 1. The van der Waals surface area contributed by atoms with Gasteiger partial charge in [-0.05, 0) is 48.6 Å². The van der Waals surface area contributed by atoms with E-state index in [1.165, 1.54) is 0 Å². The van der Waals surface area contributed by atoms with Crippen molar-refractivity contribution in [3.63, 3.8) is 0 Å². The molecule has 2 rings (SSSR count). The average molecular weight is 395 g/mol. The first-order valence-corrected chi connectivity index (χ1v) is 9.14. The van der Waals surface area contributed by atoms with Crippen molar-refractivity contribution >= 4 is 24.1 Å². The molecule has 0 amide bonds. The summed E-state index contributed by atoms with van der Waals surface area (Å²) in [4.78, 5) is 32.9. The molecule has 152 valence electrons. The van der Waals surface area contributed by atoms with Gasteiger partial charge in [-0.15, -0.1) is 6.58 Å². The number of allylic oxidation sites excluding steroid dienone is 1. The van der Waals surface area contributed by atoms with Crippen LogP contribution < -0.4 is 10.5 Å². The number of methoxy groups -OCH3 is 1. The van der Waals surface area contributed by atoms with Gasteiger partial charge in [0.15, 0.2) is 0 Å². The Labute approximate surface area is 170 Å². The van der Waals surface area contributed by atoms with E-state index in [-0.39, 0.29) is 12.1 Å². The Morgan fingerprint density at radius 1 is 1.10 bits per heavy atom. The van der Waals surface area contributed by atoms with Crippen LogP contribution in [0.25, 0.3) is 12.2 Å². The van der Waals surface area contributed by atoms with Crippen LogP contribution in [0.3, 0.4) is 0 Å². The van der Waals surface area contributed by atoms with Crippen molar-refractivity contribution in [1.82, 2.24) is 0 Å². The molecule has 0 atom stereocenters. The Morgan fingerprint density at radius 3 is 2.45 bits per heavy atom. The molecule has 0 saturated carbocycles. The predicted molar refractivity (Wildman–Crippen MR) is 112 cm³/mol. The van der Waals surface area contributed by atoms with Gasteiger partial charge in [-0.1, -0.05) is 48.1 Å². The highest BCUT2D eigenvalue weighted by Gasteiger charge is 2.18. The van der Waals surface area contributed by atoms with Crippen LogP contribution in [0.15, 0.2) is 54.6 Å². The first-order chi connectivity index (χ1) is 13.9. The standard InChI is InChI=1S/C23H25NO5/c1-16(2)9-11-19-13-20(23(26)29-28-22(25)15-24)18(14-21(19)27-3)12-10-17-7-5-4-6-8-17/h4-8,10,12-14H,1,9,11,15,24H2,2-3H3/b12-10+. The highest BCUT2D eigenvalue weighted by molar-refractivity contribution is 5.95. The summed E-state index contributed by atoms with van der Waals surface area (Å²) < 4.78 is 5.50. The monoisotopic (exact) mass is 395 g/mol. The summed E-state index contributed by atoms with van der Waals surface area (Å²) in [5.41, 5.74) is 8.79. The molecule has 0 bridgehead atoms. The number of carbonyl (C=O) groups is 2. The van der Waals surface area contributed by atoms with Gasteiger partial charge in [-0.2, -0.15) is 0 Å². The maximum absolute atomic E-state index is 12.6. The molecule has 6 heteroatoms. The van der Waals surface area contributed by atoms with Crippen molar-refractivity contribution in [1.29, 1.82) is 0 Å². The summed E-state index contributed by atoms with van der Waals surface area (Å²) in [6, 6.07) is 13.1. The molecule has 0 saturated heterocycles. The van der Waals surface area contributed by atoms with Crippen molar-refractivity contribution in [2.24, 2.45) is 5.73 Å². The number of carbonyl (C=O) groups excluding carboxylic acids is 2. The van der Waals surface area contributed by atoms with Crippen molar-refractivity contribution in [3.8, 4) is 5.75 Å². The Kier molecular flexibility index (Phi) is 8.18. The summed E-state index contributed by atoms with van der Waals surface area (Å²) >= 11 is 0. The van der Waals surface area contributed by atoms with Crippen LogP contribution in [-0.4, -0.2) is 25.6 Å². The molecule has 2 aromatic rings. The second kappa shape index (κ2) is 10.8. The van der Waals surface area contributed by atoms with Crippen LogP contribution >= 0.6 is 0 Å². The second-order valence-corrected chi connectivity index (χ2v) is 6.48. The first-order valence-electron chi connectivity index (χ1n) is 9.14. The Hall–Kier alpha value is -3.38. The van der Waals surface area contributed by atoms with E-state index in [2.05, 4.69) is 16.4 Å². The minimum absolute atomic E-state index is 0.250. The van der Waals surface area contributed by atoms with E-state index >= 15 is 0 Å². The van der Waals surface area contributed by atoms with Crippen LogP contribution in [-0.2, 0) is 21.0 Å². The van der Waals surface area contributed by atoms with Gasteiger partial charge in [-0.25, -0.2) is 19.4 Å². The first kappa shape index (κ1) is 21.9. The van der Waals surface area contributed by atoms with E-state index in [1.807, 2.05) is 43.3 Å². The van der Waals surface area contributed by atoms with Crippen molar-refractivity contribution in [2.45, 2.75) is 19.8 Å². The molecule has 0 aliphatic carbocycles. The fourth-order valence-corrected chi connectivity index (χ4v) is 2.60. The number of hydrogen-bond acceptors (Lipinski definition) is 6. The average Bonchev–Trinajstić information content (AvgIpc) is 2.74. The summed E-state index contributed by atoms with van der Waals surface area (Å²) in [7, 11) is 1.57. The zero-order valence-electron chi connectivity index (χ0n) is 16.6. The van der Waals surface area contributed by atoms with Crippen molar-refractivity contribution < 1.29 is 24.1 Å². The lowest BCUT2D eigenvalue weighted by molar-refractivity contribution is -0.232. The molecule has 0 fully saturated rings. The van der Waals surface area contributed by atoms with Gasteiger partial charge in [0.2, 0.25) is 0 Å². The van der Waals surface area contributed by atoms with Crippen LogP contribution in [0.1, 0.15) is 40.4 Å². The lowest BCUT2D eigenvalue weighted by Gasteiger charge is -2.13. The molecule has 0 aliphatic heterocycles. The summed E-state index contributed by atoms with van der Waals surface area (Å²) in [5, 5.41) is 0. The fraction of sp³-hybridized carbons (Fsp3) is 0.217. The predicted octanol–water partition coefficient (Wildman–Crippen LogP) is 3.95. The topological polar surface area (TPSA) is 87.9 Å². The molecule has 0 unspecified atom stereocenters. The zero-order chi connectivity index (χ0) is 21.2. The van der Waals surface area contributed by atoms with Crippen LogP contribution in [0.5, 0.6) is 5.75 Å². The smallest absolute Gasteiger partial charge is 0.386 e. The lowest BCUT2D eigenvalue weighted by Crippen LogP contribution is -2.19. The Balaban J connectivity index is 2.41. The van der Waals surface area contributed by atoms with E-state index in [1.54, 1.807) is 25.3 Å². The third-order valence-corrected chi connectivity index (χ3v) is 4.13. The van der Waals surface area contributed by atoms with Crippen LogP contribution in [0.2, 0.25) is 0 Å². The molecule has 2 aromatic carbocycles. The minimum atomic E-state index is -0.837. The maximum Gasteiger partial charge on any atom is 0.386 e. The van der Waals surface area contributed by atoms with Gasteiger partial charge in [-0.3, -0.25) is 0 Å². The highest BCUT2D eigenvalue weighted by atomic mass is 17.2. The molecule has 2 N–H and O–H groups in total. The van der Waals surface area contributed by atoms with Gasteiger partial charge in [0.25, 0.3) is 0 Å². The summed E-state index contributed by atoms with van der Waals surface area (Å²) in [6.45, 7) is 5.46. The molecular formula is C23H25NO5. The molecule has 0 spiro atoms. The van der Waals surface area contributed by atoms with Crippen LogP contribution in [0.4, 0.5) is 0 Å². The maximum atomic E-state index is 12.6. The highest BCUT2D eigenvalue weighted by Crippen LogP contribution is 2.28. The number of benzene rings is 2. The number of ether oxygens (including phenoxy) is 1. The van der Waals surface area contributed by atoms with E-state index < -0.39 is 11.9 Å². The molecule has 0 heterocycles. The fourth-order valence-electron chi connectivity index (χ4n) is 2.60. The summed E-state index contributed by atoms with van der Waals surface area (Å²) in [5.74, 6) is -0.982. The van der Waals surface area contributed by atoms with Crippen LogP contribution in [0, 0.1) is 0 Å². The molecule has 0 radical (unpaired) electrons. The van der Waals surface area contributed by atoms with Gasteiger partial charge >= 0.3 is 11.9 Å². The Bertz CT molecular complexity index is 903. The van der Waals surface area contributed by atoms with Gasteiger partial charge in [0, 0.05) is 0 Å². The quantitative estimate of drug-likeness (QED) is 0.315. The molecular weight excluding hydrogens is 370 g/mol. The van der Waals surface area contributed by atoms with Gasteiger partial charge < -0.3 is 10.5 Å². The minimum Gasteiger partial charge on any atom is -0.496 e. The zero-order valence-corrected chi connectivity index (χ0v) is 16.6. The molecule has 6 nitrogen and oxygen atoms in total. The normalized spacial score (nSPS) is 10.6. The molecule has 0 aromatic heterocycles. The lowest BCUT2D eigenvalue weighted by atomic mass is 9.98. The third kappa shape index (κ3) is 6.62. The van der Waals surface area contributed by atoms with Gasteiger partial charge in [0.1, 0.15) is 5.75 Å². The van der Waals surface area contributed by atoms with E-state index in [0.717, 1.165) is 23.1 Å². The van der Waals surface area contributed by atoms with E-state index in [4.69, 9.17) is 10.5 Å². The van der Waals surface area contributed by atoms with Crippen molar-refractivity contribution in [3.05, 3.63) is 76.9 Å². The number of rotatable bonds is 8. The molecule has 29 heavy (non-hydrogen) atoms. The SMILES string of the molecule is C=C(C)CCc1cc(C(=O)OOC(=O)CN)c(/C=C/c2ccccc2)cc1OC. The molecule has 0 aliphatic rings. The number of aryl methyl sites for hydroxylation is 1. The Morgan fingerprint density at radius 2 is 1.83 bits per heavy atom. The largest absolute Gasteiger partial charge is 0.496 e. The van der Waals surface area contributed by atoms with Gasteiger partial charge in [0.05, 0.1) is 19.2 Å². The number of hydrogen-bond donors (Lipinski definition) is 1. The van der Waals surface area contributed by atoms with E-state index in [9.17, 15) is 9.59 Å². The second-order valence-electron chi connectivity index (χ2n) is 6.48. The van der Waals surface area contributed by atoms with Crippen molar-refractivity contribution in [2.75, 3.05) is 13.7 Å². The third-order valence-electron chi connectivity index (χ3n) is 4.13. The summed E-state index contributed by atoms with van der Waals surface area (Å²) in [6.07, 6.45) is 5.03. The van der Waals surface area contributed by atoms with E-state index in [0.29, 0.717) is 17.7 Å².